The predicted octanol–water partition coefficient (Wildman–Crippen LogP) is 21.8. The first-order chi connectivity index (χ1) is 41.4. The maximum absolute atomic E-state index is 13.6. The Labute approximate surface area is 525 Å². The van der Waals surface area contributed by atoms with Crippen LogP contribution in [0.25, 0.3) is 0 Å². The second-order valence-electron chi connectivity index (χ2n) is 24.6. The lowest BCUT2D eigenvalue weighted by molar-refractivity contribution is -0.870. The maximum Gasteiger partial charge on any atom is 0.306 e. The lowest BCUT2D eigenvalue weighted by Crippen LogP contribution is -2.47. The number of esters is 1. The zero-order valence-corrected chi connectivity index (χ0v) is 56.9. The van der Waals surface area contributed by atoms with Crippen LogP contribution in [-0.2, 0) is 27.9 Å². The number of phosphoric acid groups is 1. The van der Waals surface area contributed by atoms with Crippen molar-refractivity contribution in [2.24, 2.45) is 0 Å². The highest BCUT2D eigenvalue weighted by Gasteiger charge is 2.27. The van der Waals surface area contributed by atoms with Gasteiger partial charge in [0.1, 0.15) is 19.3 Å². The first-order valence-electron chi connectivity index (χ1n) is 35.2. The van der Waals surface area contributed by atoms with Gasteiger partial charge in [-0.15, -0.1) is 0 Å². The minimum Gasteiger partial charge on any atom is -0.756 e. The van der Waals surface area contributed by atoms with Gasteiger partial charge in [0.2, 0.25) is 5.91 Å². The van der Waals surface area contributed by atoms with Gasteiger partial charge in [0, 0.05) is 12.8 Å². The van der Waals surface area contributed by atoms with Crippen molar-refractivity contribution in [3.63, 3.8) is 0 Å². The summed E-state index contributed by atoms with van der Waals surface area (Å²) in [4.78, 5) is 40.2. The normalized spacial score (nSPS) is 14.2. The highest BCUT2D eigenvalue weighted by atomic mass is 31.2. The SMILES string of the molecule is CC/C=C\C/C=C\C/C=C\C/C=C\C/C=C\C/C=C\CCCCC(=O)NC(COP(=O)([O-])OCC[N+](C)(C)C)C(/C=C/CCCCCCCCCCCCC)OC(=O)CCCCCCCCCCCCCCCCC/C=C\C/C=C\CCCCC. The van der Waals surface area contributed by atoms with E-state index < -0.39 is 26.6 Å². The minimum atomic E-state index is -4.72. The van der Waals surface area contributed by atoms with E-state index in [9.17, 15) is 19.0 Å². The van der Waals surface area contributed by atoms with Crippen LogP contribution < -0.4 is 10.2 Å². The van der Waals surface area contributed by atoms with Gasteiger partial charge in [-0.2, -0.15) is 0 Å². The monoisotopic (exact) mass is 1200 g/mol. The Morgan fingerprint density at radius 1 is 0.424 bits per heavy atom. The average molecular weight is 1210 g/mol. The van der Waals surface area contributed by atoms with Gasteiger partial charge in [0.05, 0.1) is 33.8 Å². The summed E-state index contributed by atoms with van der Waals surface area (Å²) >= 11 is 0. The van der Waals surface area contributed by atoms with Crippen LogP contribution in [0.15, 0.2) is 109 Å². The number of hydrogen-bond donors (Lipinski definition) is 1. The average Bonchev–Trinajstić information content (AvgIpc) is 3.50. The summed E-state index contributed by atoms with van der Waals surface area (Å²) in [7, 11) is 1.15. The van der Waals surface area contributed by atoms with Gasteiger partial charge in [-0.05, 0) is 115 Å². The number of likely N-dealkylation sites (N-methyl/N-ethyl adjacent to an activating group) is 1. The molecule has 0 aromatic rings. The fraction of sp³-hybridized carbons (Fsp3) is 0.733. The zero-order valence-electron chi connectivity index (χ0n) is 56.0. The third-order valence-corrected chi connectivity index (χ3v) is 16.2. The van der Waals surface area contributed by atoms with Gasteiger partial charge in [-0.3, -0.25) is 14.2 Å². The van der Waals surface area contributed by atoms with Crippen LogP contribution in [0.4, 0.5) is 0 Å². The summed E-state index contributed by atoms with van der Waals surface area (Å²) in [6.07, 6.45) is 87.9. The number of allylic oxidation sites excluding steroid dienone is 17. The molecule has 9 nitrogen and oxygen atoms in total. The molecule has 0 aliphatic carbocycles. The molecular formula is C75H133N2O7P. The number of phosphoric ester groups is 1. The standard InChI is InChI=1S/C75H133N2O7P/c1-7-10-13-16-19-22-25-28-30-32-34-36-37-38-39-41-43-45-47-50-53-56-59-62-65-68-75(79)84-73(66-63-60-57-54-51-48-27-24-21-18-15-12-9-3)72(71-83-85(80,81)82-70-69-77(4,5)6)76-74(78)67-64-61-58-55-52-49-46-44-42-40-35-33-31-29-26-23-20-17-14-11-8-2/h11,14,19-20,22-23,28-31,35,40,44,46,52,55,63,66,72-73H,7-10,12-13,15-18,21,24-27,32-34,36-39,41-43,45,47-51,53-54,56-62,64-65,67-71H2,1-6H3,(H-,76,78,80,81)/b14-11-,22-19-,23-20-,30-28-,31-29-,40-35-,46-44-,55-52-,66-63+. The molecule has 3 unspecified atom stereocenters. The summed E-state index contributed by atoms with van der Waals surface area (Å²) in [6, 6.07) is -0.919. The molecular weight excluding hydrogens is 1070 g/mol. The molecule has 1 amide bonds. The molecule has 0 saturated carbocycles. The van der Waals surface area contributed by atoms with Crippen molar-refractivity contribution in [3.8, 4) is 0 Å². The number of quaternary nitrogens is 1. The molecule has 0 aliphatic rings. The molecule has 0 aromatic carbocycles. The molecule has 0 heterocycles. The lowest BCUT2D eigenvalue weighted by atomic mass is 10.0. The van der Waals surface area contributed by atoms with Gasteiger partial charge in [-0.1, -0.05) is 285 Å². The largest absolute Gasteiger partial charge is 0.756 e. The molecule has 85 heavy (non-hydrogen) atoms. The van der Waals surface area contributed by atoms with Crippen molar-refractivity contribution < 1.29 is 37.3 Å². The van der Waals surface area contributed by atoms with Gasteiger partial charge in [0.15, 0.2) is 0 Å². The number of nitrogens with zero attached hydrogens (tertiary/aromatic N) is 1. The smallest absolute Gasteiger partial charge is 0.306 e. The van der Waals surface area contributed by atoms with Crippen molar-refractivity contribution >= 4 is 19.7 Å². The Hall–Kier alpha value is -3.33. The fourth-order valence-electron chi connectivity index (χ4n) is 9.79. The first kappa shape index (κ1) is 81.7. The number of carbonyl (C=O) groups excluding carboxylic acids is 2. The molecule has 0 bridgehead atoms. The van der Waals surface area contributed by atoms with Crippen LogP contribution in [0.3, 0.4) is 0 Å². The van der Waals surface area contributed by atoms with E-state index in [0.717, 1.165) is 96.3 Å². The van der Waals surface area contributed by atoms with E-state index in [1.807, 2.05) is 33.3 Å². The van der Waals surface area contributed by atoms with Crippen molar-refractivity contribution in [2.75, 3.05) is 40.9 Å². The number of ether oxygens (including phenoxy) is 1. The van der Waals surface area contributed by atoms with Crippen molar-refractivity contribution in [2.45, 2.75) is 315 Å². The number of nitrogens with one attached hydrogen (secondary N) is 1. The Balaban J connectivity index is 5.18. The van der Waals surface area contributed by atoms with Crippen LogP contribution in [0.2, 0.25) is 0 Å². The summed E-state index contributed by atoms with van der Waals surface area (Å²) in [5, 5.41) is 3.02. The molecule has 0 spiro atoms. The van der Waals surface area contributed by atoms with Gasteiger partial charge >= 0.3 is 5.97 Å². The Kier molecular flexibility index (Phi) is 61.2. The van der Waals surface area contributed by atoms with E-state index in [0.29, 0.717) is 17.4 Å². The summed E-state index contributed by atoms with van der Waals surface area (Å²) in [6.45, 7) is 6.69. The van der Waals surface area contributed by atoms with E-state index in [4.69, 9.17) is 13.8 Å². The Morgan fingerprint density at radius 3 is 1.16 bits per heavy atom. The summed E-state index contributed by atoms with van der Waals surface area (Å²) < 4.78 is 30.4. The van der Waals surface area contributed by atoms with Crippen LogP contribution in [0.1, 0.15) is 303 Å². The van der Waals surface area contributed by atoms with E-state index in [1.165, 1.54) is 167 Å². The fourth-order valence-corrected chi connectivity index (χ4v) is 10.5. The third-order valence-electron chi connectivity index (χ3n) is 15.2. The van der Waals surface area contributed by atoms with Crippen molar-refractivity contribution in [3.05, 3.63) is 109 Å². The Bertz CT molecular complexity index is 1820. The van der Waals surface area contributed by atoms with E-state index in [1.54, 1.807) is 0 Å². The molecule has 0 fully saturated rings. The maximum atomic E-state index is 13.6. The third kappa shape index (κ3) is 65.0. The molecule has 0 saturated heterocycles. The van der Waals surface area contributed by atoms with Gasteiger partial charge in [-0.25, -0.2) is 0 Å². The number of unbranched alkanes of at least 4 members (excludes halogenated alkanes) is 31. The number of amides is 1. The second-order valence-corrected chi connectivity index (χ2v) is 26.1. The highest BCUT2D eigenvalue weighted by Crippen LogP contribution is 2.38. The molecule has 0 aliphatic heterocycles. The molecule has 0 rings (SSSR count). The van der Waals surface area contributed by atoms with Crippen LogP contribution in [0, 0.1) is 0 Å². The van der Waals surface area contributed by atoms with Crippen LogP contribution in [-0.4, -0.2) is 69.4 Å². The molecule has 490 valence electrons. The molecule has 1 N–H and O–H groups in total. The first-order valence-corrected chi connectivity index (χ1v) is 36.7. The van der Waals surface area contributed by atoms with Crippen molar-refractivity contribution in [1.82, 2.24) is 5.32 Å². The topological polar surface area (TPSA) is 114 Å². The quantitative estimate of drug-likeness (QED) is 0.0212. The predicted molar refractivity (Wildman–Crippen MR) is 367 cm³/mol. The number of rotatable bonds is 63. The van der Waals surface area contributed by atoms with E-state index in [-0.39, 0.29) is 31.3 Å². The second kappa shape index (κ2) is 63.7. The number of hydrogen-bond acceptors (Lipinski definition) is 7. The molecule has 0 aromatic heterocycles. The molecule has 3 atom stereocenters. The summed E-state index contributed by atoms with van der Waals surface area (Å²) in [5.74, 6) is -0.589. The van der Waals surface area contributed by atoms with Crippen LogP contribution >= 0.6 is 7.82 Å². The molecule has 0 radical (unpaired) electrons. The van der Waals surface area contributed by atoms with Gasteiger partial charge < -0.3 is 28.5 Å². The Morgan fingerprint density at radius 2 is 0.753 bits per heavy atom. The lowest BCUT2D eigenvalue weighted by Gasteiger charge is -2.30. The van der Waals surface area contributed by atoms with E-state index in [2.05, 4.69) is 123 Å². The van der Waals surface area contributed by atoms with Gasteiger partial charge in [0.25, 0.3) is 7.82 Å². The van der Waals surface area contributed by atoms with E-state index >= 15 is 0 Å². The highest BCUT2D eigenvalue weighted by molar-refractivity contribution is 7.45. The van der Waals surface area contributed by atoms with Crippen molar-refractivity contribution in [1.29, 1.82) is 0 Å². The zero-order chi connectivity index (χ0) is 62.1. The van der Waals surface area contributed by atoms with Crippen LogP contribution in [0.5, 0.6) is 0 Å². The summed E-state index contributed by atoms with van der Waals surface area (Å²) in [5.41, 5.74) is 0. The number of carbonyl (C=O) groups is 2. The molecule has 10 heteroatoms. The minimum absolute atomic E-state index is 0.0352.